The first-order chi connectivity index (χ1) is 9.54. The number of hydrogen-bond acceptors (Lipinski definition) is 4. The van der Waals surface area contributed by atoms with Crippen LogP contribution in [0.25, 0.3) is 0 Å². The number of esters is 1. The van der Waals surface area contributed by atoms with Crippen LogP contribution in [0.2, 0.25) is 0 Å². The van der Waals surface area contributed by atoms with Crippen molar-refractivity contribution in [2.24, 2.45) is 0 Å². The molecule has 0 aliphatic heterocycles. The lowest BCUT2D eigenvalue weighted by Gasteiger charge is -2.21. The maximum absolute atomic E-state index is 11.4. The monoisotopic (exact) mass is 278 g/mol. The number of nitrogens with one attached hydrogen (secondary N) is 1. The van der Waals surface area contributed by atoms with Crippen LogP contribution in [0.4, 0.5) is 0 Å². The Kier molecular flexibility index (Phi) is 7.26. The number of carbonyl (C=O) groups excluding carboxylic acids is 1. The van der Waals surface area contributed by atoms with Crippen molar-refractivity contribution >= 4 is 5.97 Å². The average Bonchev–Trinajstić information content (AvgIpc) is 2.44. The number of ether oxygens (including phenoxy) is 1. The molecule has 0 aromatic heterocycles. The summed E-state index contributed by atoms with van der Waals surface area (Å²) in [5, 5.41) is 3.43. The molecule has 0 amide bonds. The molecule has 0 aliphatic carbocycles. The lowest BCUT2D eigenvalue weighted by molar-refractivity contribution is -0.139. The SMILES string of the molecule is COC(=O)Cc1ccccc1CNCCN(C)C(C)C. The molecule has 4 heteroatoms. The van der Waals surface area contributed by atoms with Crippen LogP contribution in [-0.4, -0.2) is 44.2 Å². The van der Waals surface area contributed by atoms with Crippen molar-refractivity contribution in [1.29, 1.82) is 0 Å². The minimum Gasteiger partial charge on any atom is -0.469 e. The lowest BCUT2D eigenvalue weighted by Crippen LogP contribution is -2.33. The molecular formula is C16H26N2O2. The minimum atomic E-state index is -0.197. The van der Waals surface area contributed by atoms with Gasteiger partial charge in [-0.1, -0.05) is 24.3 Å². The molecule has 1 aromatic rings. The van der Waals surface area contributed by atoms with Crippen molar-refractivity contribution in [3.8, 4) is 0 Å². The van der Waals surface area contributed by atoms with Crippen molar-refractivity contribution in [3.63, 3.8) is 0 Å². The van der Waals surface area contributed by atoms with Gasteiger partial charge < -0.3 is 15.0 Å². The first kappa shape index (κ1) is 16.7. The number of likely N-dealkylation sites (N-methyl/N-ethyl adjacent to an activating group) is 1. The van der Waals surface area contributed by atoms with Gasteiger partial charge in [-0.05, 0) is 32.0 Å². The Morgan fingerprint density at radius 2 is 1.95 bits per heavy atom. The molecule has 0 fully saturated rings. The number of benzene rings is 1. The summed E-state index contributed by atoms with van der Waals surface area (Å²) in [6, 6.07) is 8.54. The third-order valence-electron chi connectivity index (χ3n) is 3.52. The van der Waals surface area contributed by atoms with Gasteiger partial charge in [0.1, 0.15) is 0 Å². The second kappa shape index (κ2) is 8.72. The average molecular weight is 278 g/mol. The van der Waals surface area contributed by atoms with E-state index in [1.807, 2.05) is 18.2 Å². The zero-order valence-corrected chi connectivity index (χ0v) is 13.0. The summed E-state index contributed by atoms with van der Waals surface area (Å²) in [5.41, 5.74) is 2.19. The zero-order chi connectivity index (χ0) is 15.0. The first-order valence-electron chi connectivity index (χ1n) is 7.09. The van der Waals surface area contributed by atoms with E-state index >= 15 is 0 Å². The van der Waals surface area contributed by atoms with E-state index < -0.39 is 0 Å². The summed E-state index contributed by atoms with van der Waals surface area (Å²) < 4.78 is 4.73. The van der Waals surface area contributed by atoms with Crippen molar-refractivity contribution in [1.82, 2.24) is 10.2 Å². The van der Waals surface area contributed by atoms with Gasteiger partial charge in [0.2, 0.25) is 0 Å². The van der Waals surface area contributed by atoms with Crippen LogP contribution in [-0.2, 0) is 22.5 Å². The van der Waals surface area contributed by atoms with Crippen LogP contribution in [0.15, 0.2) is 24.3 Å². The number of carbonyl (C=O) groups is 1. The van der Waals surface area contributed by atoms with Crippen LogP contribution in [0.1, 0.15) is 25.0 Å². The van der Waals surface area contributed by atoms with Crippen molar-refractivity contribution in [3.05, 3.63) is 35.4 Å². The largest absolute Gasteiger partial charge is 0.469 e. The maximum atomic E-state index is 11.4. The van der Waals surface area contributed by atoms with E-state index in [0.29, 0.717) is 12.5 Å². The van der Waals surface area contributed by atoms with Crippen LogP contribution < -0.4 is 5.32 Å². The van der Waals surface area contributed by atoms with Gasteiger partial charge in [-0.2, -0.15) is 0 Å². The lowest BCUT2D eigenvalue weighted by atomic mass is 10.0. The summed E-state index contributed by atoms with van der Waals surface area (Å²) in [7, 11) is 3.54. The molecule has 0 unspecified atom stereocenters. The van der Waals surface area contributed by atoms with E-state index in [9.17, 15) is 4.79 Å². The zero-order valence-electron chi connectivity index (χ0n) is 13.0. The van der Waals surface area contributed by atoms with Crippen LogP contribution in [0.3, 0.4) is 0 Å². The maximum Gasteiger partial charge on any atom is 0.309 e. The highest BCUT2D eigenvalue weighted by Crippen LogP contribution is 2.10. The minimum absolute atomic E-state index is 0.197. The molecular weight excluding hydrogens is 252 g/mol. The van der Waals surface area contributed by atoms with E-state index in [1.54, 1.807) is 0 Å². The fourth-order valence-electron chi connectivity index (χ4n) is 1.87. The van der Waals surface area contributed by atoms with Gasteiger partial charge in [-0.15, -0.1) is 0 Å². The highest BCUT2D eigenvalue weighted by Gasteiger charge is 2.07. The molecule has 1 N–H and O–H groups in total. The van der Waals surface area contributed by atoms with E-state index in [2.05, 4.69) is 37.2 Å². The summed E-state index contributed by atoms with van der Waals surface area (Å²) in [4.78, 5) is 13.7. The van der Waals surface area contributed by atoms with E-state index in [-0.39, 0.29) is 5.97 Å². The molecule has 20 heavy (non-hydrogen) atoms. The smallest absolute Gasteiger partial charge is 0.309 e. The number of nitrogens with zero attached hydrogens (tertiary/aromatic N) is 1. The number of hydrogen-bond donors (Lipinski definition) is 1. The first-order valence-corrected chi connectivity index (χ1v) is 7.09. The highest BCUT2D eigenvalue weighted by atomic mass is 16.5. The number of rotatable bonds is 8. The van der Waals surface area contributed by atoms with Gasteiger partial charge in [-0.3, -0.25) is 4.79 Å². The van der Waals surface area contributed by atoms with Gasteiger partial charge in [0.15, 0.2) is 0 Å². The van der Waals surface area contributed by atoms with E-state index in [1.165, 1.54) is 7.11 Å². The summed E-state index contributed by atoms with van der Waals surface area (Å²) in [5.74, 6) is -0.197. The molecule has 0 heterocycles. The Labute approximate surface area is 122 Å². The molecule has 0 saturated heterocycles. The standard InChI is InChI=1S/C16H26N2O2/c1-13(2)18(3)10-9-17-12-15-8-6-5-7-14(15)11-16(19)20-4/h5-8,13,17H,9-12H2,1-4H3. The predicted molar refractivity (Wildman–Crippen MR) is 81.6 cm³/mol. The van der Waals surface area contributed by atoms with Gasteiger partial charge in [0, 0.05) is 25.7 Å². The molecule has 0 aliphatic rings. The molecule has 1 aromatic carbocycles. The van der Waals surface area contributed by atoms with Gasteiger partial charge in [0.25, 0.3) is 0 Å². The predicted octanol–water partition coefficient (Wildman–Crippen LogP) is 1.83. The van der Waals surface area contributed by atoms with E-state index in [0.717, 1.165) is 30.8 Å². The Morgan fingerprint density at radius 1 is 1.30 bits per heavy atom. The molecule has 112 valence electrons. The Bertz CT molecular complexity index is 419. The highest BCUT2D eigenvalue weighted by molar-refractivity contribution is 5.72. The van der Waals surface area contributed by atoms with Crippen molar-refractivity contribution < 1.29 is 9.53 Å². The van der Waals surface area contributed by atoms with Crippen LogP contribution in [0.5, 0.6) is 0 Å². The second-order valence-electron chi connectivity index (χ2n) is 5.27. The summed E-state index contributed by atoms with van der Waals surface area (Å²) in [6.07, 6.45) is 0.334. The topological polar surface area (TPSA) is 41.6 Å². The summed E-state index contributed by atoms with van der Waals surface area (Å²) >= 11 is 0. The molecule has 0 saturated carbocycles. The quantitative estimate of drug-likeness (QED) is 0.582. The fraction of sp³-hybridized carbons (Fsp3) is 0.562. The second-order valence-corrected chi connectivity index (χ2v) is 5.27. The van der Waals surface area contributed by atoms with Gasteiger partial charge in [-0.25, -0.2) is 0 Å². The third-order valence-corrected chi connectivity index (χ3v) is 3.52. The Hall–Kier alpha value is -1.39. The van der Waals surface area contributed by atoms with Gasteiger partial charge in [0.05, 0.1) is 13.5 Å². The third kappa shape index (κ3) is 5.72. The van der Waals surface area contributed by atoms with Crippen LogP contribution >= 0.6 is 0 Å². The summed E-state index contributed by atoms with van der Waals surface area (Å²) in [6.45, 7) is 7.09. The molecule has 1 rings (SSSR count). The fourth-order valence-corrected chi connectivity index (χ4v) is 1.87. The molecule has 0 spiro atoms. The van der Waals surface area contributed by atoms with Crippen molar-refractivity contribution in [2.75, 3.05) is 27.2 Å². The molecule has 0 atom stereocenters. The van der Waals surface area contributed by atoms with Crippen molar-refractivity contribution in [2.45, 2.75) is 32.9 Å². The van der Waals surface area contributed by atoms with Gasteiger partial charge >= 0.3 is 5.97 Å². The molecule has 4 nitrogen and oxygen atoms in total. The van der Waals surface area contributed by atoms with E-state index in [4.69, 9.17) is 4.74 Å². The van der Waals surface area contributed by atoms with Crippen LogP contribution in [0, 0.1) is 0 Å². The Morgan fingerprint density at radius 3 is 2.55 bits per heavy atom. The Balaban J connectivity index is 2.45. The normalized spacial score (nSPS) is 11.1. The molecule has 0 bridgehead atoms. The molecule has 0 radical (unpaired) electrons. The number of methoxy groups -OCH3 is 1.